The molecule has 0 saturated heterocycles. The highest BCUT2D eigenvalue weighted by Gasteiger charge is 2.32. The number of nitrogens with one attached hydrogen (secondary N) is 1. The lowest BCUT2D eigenvalue weighted by Crippen LogP contribution is -2.34. The maximum atomic E-state index is 12.5. The quantitative estimate of drug-likeness (QED) is 0.865. The summed E-state index contributed by atoms with van der Waals surface area (Å²) in [5.74, 6) is 0.0499. The Morgan fingerprint density at radius 2 is 2.25 bits per heavy atom. The Bertz CT molecular complexity index is 529. The minimum absolute atomic E-state index is 0.0499. The highest BCUT2D eigenvalue weighted by Crippen LogP contribution is 2.29. The summed E-state index contributed by atoms with van der Waals surface area (Å²) in [7, 11) is 0. The van der Waals surface area contributed by atoms with Crippen molar-refractivity contribution in [3.63, 3.8) is 0 Å². The van der Waals surface area contributed by atoms with Crippen LogP contribution in [0.1, 0.15) is 42.1 Å². The summed E-state index contributed by atoms with van der Waals surface area (Å²) in [6, 6.07) is 8.22. The number of rotatable bonds is 6. The smallest absolute Gasteiger partial charge is 0.254 e. The first kappa shape index (κ1) is 14.4. The summed E-state index contributed by atoms with van der Waals surface area (Å²) in [6.45, 7) is 5.46. The van der Waals surface area contributed by atoms with Gasteiger partial charge >= 0.3 is 0 Å². The molecule has 20 heavy (non-hydrogen) atoms. The first-order valence-electron chi connectivity index (χ1n) is 7.19. The summed E-state index contributed by atoms with van der Waals surface area (Å²) in [4.78, 5) is 14.4. The second-order valence-corrected chi connectivity index (χ2v) is 5.20. The molecule has 106 valence electrons. The Hall–Kier alpha value is -2.02. The van der Waals surface area contributed by atoms with Crippen molar-refractivity contribution in [2.45, 2.75) is 39.2 Å². The minimum Gasteiger partial charge on any atom is -0.385 e. The molecule has 1 aromatic rings. The van der Waals surface area contributed by atoms with Crippen LogP contribution < -0.4 is 5.32 Å². The largest absolute Gasteiger partial charge is 0.385 e. The average Bonchev–Trinajstić information content (AvgIpc) is 3.26. The van der Waals surface area contributed by atoms with E-state index in [0.717, 1.165) is 30.6 Å². The van der Waals surface area contributed by atoms with Gasteiger partial charge in [0.2, 0.25) is 0 Å². The third-order valence-electron chi connectivity index (χ3n) is 3.55. The van der Waals surface area contributed by atoms with Crippen molar-refractivity contribution in [3.8, 4) is 6.07 Å². The standard InChI is InChI=1S/C16H21N3O/c1-3-18-15-8-5-13(11-12(15)2)16(20)19(10-4-9-17)14-6-7-14/h5,8,11,14,18H,3-4,6-7,10H2,1-2H3. The Morgan fingerprint density at radius 3 is 2.80 bits per heavy atom. The molecule has 4 heteroatoms. The molecule has 0 aromatic heterocycles. The van der Waals surface area contributed by atoms with E-state index in [9.17, 15) is 4.79 Å². The number of hydrogen-bond acceptors (Lipinski definition) is 3. The van der Waals surface area contributed by atoms with Gasteiger partial charge in [0.15, 0.2) is 0 Å². The number of amides is 1. The van der Waals surface area contributed by atoms with E-state index < -0.39 is 0 Å². The molecule has 1 aromatic carbocycles. The summed E-state index contributed by atoms with van der Waals surface area (Å²) >= 11 is 0. The number of benzene rings is 1. The molecule has 0 aliphatic heterocycles. The van der Waals surface area contributed by atoms with Crippen molar-refractivity contribution in [2.24, 2.45) is 0 Å². The van der Waals surface area contributed by atoms with E-state index in [2.05, 4.69) is 18.3 Å². The van der Waals surface area contributed by atoms with Gasteiger partial charge in [-0.1, -0.05) is 0 Å². The molecular formula is C16H21N3O. The van der Waals surface area contributed by atoms with Gasteiger partial charge in [-0.25, -0.2) is 0 Å². The highest BCUT2D eigenvalue weighted by atomic mass is 16.2. The zero-order chi connectivity index (χ0) is 14.5. The van der Waals surface area contributed by atoms with Crippen LogP contribution in [0.3, 0.4) is 0 Å². The number of carbonyl (C=O) groups is 1. The van der Waals surface area contributed by atoms with Crippen LogP contribution in [0.25, 0.3) is 0 Å². The van der Waals surface area contributed by atoms with Gasteiger partial charge in [-0.05, 0) is 50.5 Å². The molecule has 1 aliphatic rings. The van der Waals surface area contributed by atoms with Gasteiger partial charge in [-0.15, -0.1) is 0 Å². The van der Waals surface area contributed by atoms with E-state index in [1.54, 1.807) is 0 Å². The molecule has 1 aliphatic carbocycles. The zero-order valence-electron chi connectivity index (χ0n) is 12.1. The minimum atomic E-state index is 0.0499. The van der Waals surface area contributed by atoms with Crippen LogP contribution in [-0.4, -0.2) is 29.9 Å². The van der Waals surface area contributed by atoms with Crippen LogP contribution in [0, 0.1) is 18.3 Å². The maximum Gasteiger partial charge on any atom is 0.254 e. The molecule has 0 heterocycles. The first-order valence-corrected chi connectivity index (χ1v) is 7.19. The van der Waals surface area contributed by atoms with E-state index in [1.807, 2.05) is 30.0 Å². The van der Waals surface area contributed by atoms with Gasteiger partial charge in [0.1, 0.15) is 0 Å². The van der Waals surface area contributed by atoms with Crippen LogP contribution in [0.2, 0.25) is 0 Å². The maximum absolute atomic E-state index is 12.5. The lowest BCUT2D eigenvalue weighted by atomic mass is 10.1. The number of aryl methyl sites for hydroxylation is 1. The fourth-order valence-electron chi connectivity index (χ4n) is 2.36. The van der Waals surface area contributed by atoms with E-state index in [4.69, 9.17) is 5.26 Å². The van der Waals surface area contributed by atoms with Crippen LogP contribution in [0.15, 0.2) is 18.2 Å². The van der Waals surface area contributed by atoms with Gasteiger partial charge in [-0.2, -0.15) is 5.26 Å². The van der Waals surface area contributed by atoms with Crippen molar-refractivity contribution in [1.82, 2.24) is 4.90 Å². The molecule has 1 N–H and O–H groups in total. The second kappa shape index (κ2) is 6.42. The van der Waals surface area contributed by atoms with Crippen LogP contribution in [0.4, 0.5) is 5.69 Å². The summed E-state index contributed by atoms with van der Waals surface area (Å²) in [5.41, 5.74) is 2.86. The second-order valence-electron chi connectivity index (χ2n) is 5.20. The van der Waals surface area contributed by atoms with Gasteiger partial charge in [0, 0.05) is 30.4 Å². The Kier molecular flexibility index (Phi) is 4.62. The monoisotopic (exact) mass is 271 g/mol. The summed E-state index contributed by atoms with van der Waals surface area (Å²) in [6.07, 6.45) is 2.52. The Labute approximate surface area is 120 Å². The predicted octanol–water partition coefficient (Wildman–Crippen LogP) is 2.95. The van der Waals surface area contributed by atoms with Crippen molar-refractivity contribution in [2.75, 3.05) is 18.4 Å². The number of carbonyl (C=O) groups excluding carboxylic acids is 1. The van der Waals surface area contributed by atoms with Crippen molar-refractivity contribution < 1.29 is 4.79 Å². The molecule has 4 nitrogen and oxygen atoms in total. The number of anilines is 1. The van der Waals surface area contributed by atoms with E-state index in [0.29, 0.717) is 24.6 Å². The van der Waals surface area contributed by atoms with Crippen LogP contribution in [0.5, 0.6) is 0 Å². The lowest BCUT2D eigenvalue weighted by Gasteiger charge is -2.21. The number of hydrogen-bond donors (Lipinski definition) is 1. The molecule has 0 spiro atoms. The van der Waals surface area contributed by atoms with Gasteiger partial charge in [0.25, 0.3) is 5.91 Å². The predicted molar refractivity (Wildman–Crippen MR) is 79.6 cm³/mol. The average molecular weight is 271 g/mol. The van der Waals surface area contributed by atoms with Crippen molar-refractivity contribution >= 4 is 11.6 Å². The summed E-state index contributed by atoms with van der Waals surface area (Å²) in [5, 5.41) is 12.0. The third-order valence-corrected chi connectivity index (χ3v) is 3.55. The highest BCUT2D eigenvalue weighted by molar-refractivity contribution is 5.95. The molecule has 2 rings (SSSR count). The molecule has 1 amide bonds. The fourth-order valence-corrected chi connectivity index (χ4v) is 2.36. The van der Waals surface area contributed by atoms with Gasteiger partial charge in [0.05, 0.1) is 12.5 Å². The molecule has 1 fully saturated rings. The molecule has 0 unspecified atom stereocenters. The zero-order valence-corrected chi connectivity index (χ0v) is 12.1. The molecule has 0 radical (unpaired) electrons. The van der Waals surface area contributed by atoms with E-state index in [1.165, 1.54) is 0 Å². The van der Waals surface area contributed by atoms with Crippen LogP contribution in [-0.2, 0) is 0 Å². The third kappa shape index (κ3) is 3.30. The summed E-state index contributed by atoms with van der Waals surface area (Å²) < 4.78 is 0. The normalized spacial score (nSPS) is 13.7. The topological polar surface area (TPSA) is 56.1 Å². The van der Waals surface area contributed by atoms with E-state index >= 15 is 0 Å². The van der Waals surface area contributed by atoms with Crippen molar-refractivity contribution in [3.05, 3.63) is 29.3 Å². The Balaban J connectivity index is 2.14. The molecular weight excluding hydrogens is 250 g/mol. The fraction of sp³-hybridized carbons (Fsp3) is 0.500. The number of nitrogens with zero attached hydrogens (tertiary/aromatic N) is 2. The van der Waals surface area contributed by atoms with Crippen LogP contribution >= 0.6 is 0 Å². The first-order chi connectivity index (χ1) is 9.67. The molecule has 1 saturated carbocycles. The van der Waals surface area contributed by atoms with Crippen molar-refractivity contribution in [1.29, 1.82) is 5.26 Å². The molecule has 0 atom stereocenters. The molecule has 0 bridgehead atoms. The Morgan fingerprint density at radius 1 is 1.50 bits per heavy atom. The lowest BCUT2D eigenvalue weighted by molar-refractivity contribution is 0.0747. The van der Waals surface area contributed by atoms with Gasteiger partial charge < -0.3 is 10.2 Å². The van der Waals surface area contributed by atoms with Gasteiger partial charge in [-0.3, -0.25) is 4.79 Å². The number of nitriles is 1. The van der Waals surface area contributed by atoms with E-state index in [-0.39, 0.29) is 5.91 Å². The SMILES string of the molecule is CCNc1ccc(C(=O)N(CCC#N)C2CC2)cc1C.